The van der Waals surface area contributed by atoms with E-state index in [4.69, 9.17) is 0 Å². The summed E-state index contributed by atoms with van der Waals surface area (Å²) in [6.07, 6.45) is -1.23. The Morgan fingerprint density at radius 2 is 1.58 bits per heavy atom. The SMILES string of the molecule is Cc1ccc2nc(-c3ccc(N=NC(C(=O)Nc4cccc5c(S(=O)(=O)O)cccc45)C(C)O)cc3)sc2c1S(=O)(=O)O. The molecule has 2 unspecified atom stereocenters. The van der Waals surface area contributed by atoms with Crippen LogP contribution in [0.4, 0.5) is 11.4 Å². The lowest BCUT2D eigenvalue weighted by Gasteiger charge is -2.16. The van der Waals surface area contributed by atoms with Crippen LogP contribution < -0.4 is 5.32 Å². The van der Waals surface area contributed by atoms with Crippen molar-refractivity contribution < 1.29 is 35.8 Å². The Labute approximate surface area is 250 Å². The number of aryl methyl sites for hydroxylation is 1. The van der Waals surface area contributed by atoms with Gasteiger partial charge in [-0.3, -0.25) is 13.9 Å². The van der Waals surface area contributed by atoms with E-state index in [1.807, 2.05) is 0 Å². The fraction of sp³-hybridized carbons (Fsp3) is 0.143. The molecule has 222 valence electrons. The van der Waals surface area contributed by atoms with Crippen LogP contribution in [-0.2, 0) is 25.0 Å². The van der Waals surface area contributed by atoms with Crippen molar-refractivity contribution in [3.8, 4) is 10.6 Å². The number of benzene rings is 4. The van der Waals surface area contributed by atoms with Gasteiger partial charge in [-0.2, -0.15) is 27.1 Å². The molecule has 0 aliphatic rings. The van der Waals surface area contributed by atoms with Crippen molar-refractivity contribution in [3.63, 3.8) is 0 Å². The fourth-order valence-corrected chi connectivity index (χ4v) is 7.52. The van der Waals surface area contributed by atoms with Crippen molar-refractivity contribution in [2.45, 2.75) is 35.8 Å². The molecule has 0 bridgehead atoms. The van der Waals surface area contributed by atoms with E-state index in [1.54, 1.807) is 55.5 Å². The van der Waals surface area contributed by atoms with Gasteiger partial charge in [0.2, 0.25) is 0 Å². The van der Waals surface area contributed by atoms with Crippen LogP contribution in [0.1, 0.15) is 12.5 Å². The molecule has 2 atom stereocenters. The number of aliphatic hydroxyl groups is 1. The van der Waals surface area contributed by atoms with Crippen LogP contribution in [0.3, 0.4) is 0 Å². The zero-order valence-electron chi connectivity index (χ0n) is 22.5. The monoisotopic (exact) mass is 640 g/mol. The third kappa shape index (κ3) is 6.31. The number of amides is 1. The Morgan fingerprint density at radius 1 is 0.907 bits per heavy atom. The van der Waals surface area contributed by atoms with Crippen molar-refractivity contribution in [1.82, 2.24) is 4.98 Å². The van der Waals surface area contributed by atoms with E-state index < -0.39 is 38.3 Å². The van der Waals surface area contributed by atoms with Gasteiger partial charge in [-0.1, -0.05) is 30.3 Å². The molecule has 0 spiro atoms. The van der Waals surface area contributed by atoms with Gasteiger partial charge in [0.15, 0.2) is 6.04 Å². The summed E-state index contributed by atoms with van der Waals surface area (Å²) in [5, 5.41) is 22.1. The van der Waals surface area contributed by atoms with E-state index in [0.717, 1.165) is 11.3 Å². The van der Waals surface area contributed by atoms with Crippen LogP contribution in [0.25, 0.3) is 31.6 Å². The van der Waals surface area contributed by atoms with Crippen LogP contribution in [0.5, 0.6) is 0 Å². The van der Waals surface area contributed by atoms with E-state index in [2.05, 4.69) is 20.5 Å². The number of carbonyl (C=O) groups is 1. The molecule has 1 aromatic heterocycles. The summed E-state index contributed by atoms with van der Waals surface area (Å²) in [6.45, 7) is 2.96. The maximum atomic E-state index is 13.1. The highest BCUT2D eigenvalue weighted by Crippen LogP contribution is 2.36. The first-order valence-corrected chi connectivity index (χ1v) is 16.3. The molecule has 0 aliphatic carbocycles. The lowest BCUT2D eigenvalue weighted by Crippen LogP contribution is -2.34. The summed E-state index contributed by atoms with van der Waals surface area (Å²) in [5.41, 5.74) is 2.10. The summed E-state index contributed by atoms with van der Waals surface area (Å²) in [5.74, 6) is -0.695. The highest BCUT2D eigenvalue weighted by atomic mass is 32.2. The Kier molecular flexibility index (Phi) is 8.13. The normalized spacial score (nSPS) is 13.9. The number of hydrogen-bond acceptors (Lipinski definition) is 10. The lowest BCUT2D eigenvalue weighted by atomic mass is 10.1. The second-order valence-corrected chi connectivity index (χ2v) is 13.4. The summed E-state index contributed by atoms with van der Waals surface area (Å²) < 4.78 is 67.0. The van der Waals surface area contributed by atoms with Gasteiger partial charge in [-0.05, 0) is 61.9 Å². The number of hydrogen-bond donors (Lipinski definition) is 4. The number of azo groups is 1. The molecular weight excluding hydrogens is 617 g/mol. The zero-order chi connectivity index (χ0) is 31.1. The maximum Gasteiger partial charge on any atom is 0.296 e. The van der Waals surface area contributed by atoms with Gasteiger partial charge < -0.3 is 10.4 Å². The molecule has 4 aromatic carbocycles. The van der Waals surface area contributed by atoms with E-state index >= 15 is 0 Å². The van der Waals surface area contributed by atoms with Crippen molar-refractivity contribution >= 4 is 69.8 Å². The molecule has 0 fully saturated rings. The molecule has 15 heteroatoms. The lowest BCUT2D eigenvalue weighted by molar-refractivity contribution is -0.119. The van der Waals surface area contributed by atoms with Crippen LogP contribution in [-0.4, -0.2) is 54.1 Å². The Bertz CT molecular complexity index is 2130. The number of carbonyl (C=O) groups excluding carboxylic acids is 1. The summed E-state index contributed by atoms with van der Waals surface area (Å²) in [7, 11) is -8.95. The molecule has 5 rings (SSSR count). The summed E-state index contributed by atoms with van der Waals surface area (Å²) in [4.78, 5) is 17.1. The summed E-state index contributed by atoms with van der Waals surface area (Å²) in [6, 6.07) is 17.3. The Hall–Kier alpha value is -4.12. The number of aliphatic hydroxyl groups excluding tert-OH is 1. The zero-order valence-corrected chi connectivity index (χ0v) is 25.0. The number of thiazole rings is 1. The summed E-state index contributed by atoms with van der Waals surface area (Å²) >= 11 is 1.12. The Balaban J connectivity index is 1.38. The fourth-order valence-electron chi connectivity index (χ4n) is 4.50. The minimum Gasteiger partial charge on any atom is -0.391 e. The first-order valence-electron chi connectivity index (χ1n) is 12.6. The third-order valence-electron chi connectivity index (χ3n) is 6.52. The topological polar surface area (TPSA) is 196 Å². The highest BCUT2D eigenvalue weighted by Gasteiger charge is 2.25. The van der Waals surface area contributed by atoms with Gasteiger partial charge in [0.1, 0.15) is 14.8 Å². The van der Waals surface area contributed by atoms with Crippen molar-refractivity contribution in [2.24, 2.45) is 10.2 Å². The van der Waals surface area contributed by atoms with Crippen molar-refractivity contribution in [3.05, 3.63) is 78.4 Å². The van der Waals surface area contributed by atoms with Gasteiger partial charge in [0, 0.05) is 22.0 Å². The predicted octanol–water partition coefficient (Wildman–Crippen LogP) is 5.39. The molecule has 0 aliphatic heterocycles. The van der Waals surface area contributed by atoms with Crippen LogP contribution in [0, 0.1) is 6.92 Å². The third-order valence-corrected chi connectivity index (χ3v) is 9.74. The van der Waals surface area contributed by atoms with E-state index in [-0.39, 0.29) is 20.9 Å². The molecule has 12 nitrogen and oxygen atoms in total. The van der Waals surface area contributed by atoms with Gasteiger partial charge in [0.05, 0.1) is 22.0 Å². The first kappa shape index (κ1) is 30.3. The minimum absolute atomic E-state index is 0.177. The van der Waals surface area contributed by atoms with Gasteiger partial charge in [-0.15, -0.1) is 11.3 Å². The van der Waals surface area contributed by atoms with Gasteiger partial charge >= 0.3 is 0 Å². The highest BCUT2D eigenvalue weighted by molar-refractivity contribution is 7.86. The largest absolute Gasteiger partial charge is 0.391 e. The molecule has 0 saturated carbocycles. The smallest absolute Gasteiger partial charge is 0.296 e. The molecule has 1 amide bonds. The van der Waals surface area contributed by atoms with E-state index in [1.165, 1.54) is 31.2 Å². The quantitative estimate of drug-likeness (QED) is 0.127. The Morgan fingerprint density at radius 3 is 2.23 bits per heavy atom. The molecule has 43 heavy (non-hydrogen) atoms. The second-order valence-electron chi connectivity index (χ2n) is 9.62. The number of nitrogens with zero attached hydrogens (tertiary/aromatic N) is 3. The minimum atomic E-state index is -4.51. The van der Waals surface area contributed by atoms with E-state index in [0.29, 0.717) is 37.4 Å². The van der Waals surface area contributed by atoms with Gasteiger partial charge in [0.25, 0.3) is 26.1 Å². The van der Waals surface area contributed by atoms with Crippen LogP contribution in [0.2, 0.25) is 0 Å². The molecule has 1 heterocycles. The van der Waals surface area contributed by atoms with E-state index in [9.17, 15) is 35.8 Å². The number of aromatic nitrogens is 1. The number of nitrogens with one attached hydrogen (secondary N) is 1. The number of fused-ring (bicyclic) bond motifs is 2. The molecule has 5 aromatic rings. The predicted molar refractivity (Wildman–Crippen MR) is 162 cm³/mol. The standard InChI is InChI=1S/C28H24N4O8S3/c1-15-9-14-22-25(26(15)43(38,39)40)41-28(30-22)17-10-12-18(13-11-17)31-32-24(16(2)33)27(34)29-21-7-3-6-20-19(21)5-4-8-23(20)42(35,36)37/h3-14,16,24,33H,1-2H3,(H,29,34)(H,35,36,37)(H,38,39,40). The van der Waals surface area contributed by atoms with Gasteiger partial charge in [-0.25, -0.2) is 4.98 Å². The molecular formula is C28H24N4O8S3. The second kappa shape index (κ2) is 11.5. The average molecular weight is 641 g/mol. The average Bonchev–Trinajstić information content (AvgIpc) is 3.36. The van der Waals surface area contributed by atoms with Crippen molar-refractivity contribution in [1.29, 1.82) is 0 Å². The van der Waals surface area contributed by atoms with Crippen molar-refractivity contribution in [2.75, 3.05) is 5.32 Å². The number of anilines is 1. The number of rotatable bonds is 8. The maximum absolute atomic E-state index is 13.1. The molecule has 0 radical (unpaired) electrons. The van der Waals surface area contributed by atoms with Crippen LogP contribution in [0.15, 0.2) is 92.8 Å². The molecule has 4 N–H and O–H groups in total. The first-order chi connectivity index (χ1) is 20.2. The van der Waals surface area contributed by atoms with Crippen LogP contribution >= 0.6 is 11.3 Å². The molecule has 0 saturated heterocycles.